The molecule has 56 heavy (non-hydrogen) atoms. The van der Waals surface area contributed by atoms with E-state index in [0.29, 0.717) is 9.25 Å². The molecule has 2 aliphatic heterocycles. The highest BCUT2D eigenvalue weighted by molar-refractivity contribution is 5.70. The smallest absolute Gasteiger partial charge is 0.352 e. The van der Waals surface area contributed by atoms with Crippen molar-refractivity contribution < 1.29 is 85.7 Å². The van der Waals surface area contributed by atoms with Crippen molar-refractivity contribution in [3.63, 3.8) is 0 Å². The van der Waals surface area contributed by atoms with E-state index < -0.39 is 139 Å². The van der Waals surface area contributed by atoms with Gasteiger partial charge in [0.05, 0.1) is 0 Å². The van der Waals surface area contributed by atoms with Gasteiger partial charge in [0.15, 0.2) is 49.1 Å². The van der Waals surface area contributed by atoms with Gasteiger partial charge in [-0.1, -0.05) is 0 Å². The minimum Gasteiger partial charge on any atom is -0.463 e. The third kappa shape index (κ3) is 11.1. The van der Waals surface area contributed by atoms with E-state index in [4.69, 9.17) is 47.4 Å². The van der Waals surface area contributed by atoms with E-state index in [1.807, 2.05) is 0 Å². The predicted octanol–water partition coefficient (Wildman–Crippen LogP) is -2.04. The highest BCUT2D eigenvalue weighted by Crippen LogP contribution is 2.36. The number of hydrogen-bond acceptors (Lipinski definition) is 22. The molecule has 2 saturated heterocycles. The molecule has 0 radical (unpaired) electrons. The van der Waals surface area contributed by atoms with Crippen molar-refractivity contribution in [3.05, 3.63) is 20.8 Å². The van der Waals surface area contributed by atoms with Crippen LogP contribution in [-0.4, -0.2) is 131 Å². The fraction of sp³-hybridized carbons (Fsp3) is 0.656. The van der Waals surface area contributed by atoms with Crippen LogP contribution < -0.4 is 16.6 Å². The van der Waals surface area contributed by atoms with Crippen LogP contribution in [0.2, 0.25) is 0 Å². The molecule has 0 aromatic carbocycles. The Balaban J connectivity index is 2.42. The van der Waals surface area contributed by atoms with Crippen molar-refractivity contribution in [3.8, 4) is 0 Å². The van der Waals surface area contributed by atoms with Gasteiger partial charge in [-0.05, 0) is 0 Å². The maximum Gasteiger partial charge on any atom is 0.352 e. The lowest BCUT2D eigenvalue weighted by molar-refractivity contribution is -0.275. The van der Waals surface area contributed by atoms with Crippen LogP contribution in [0.25, 0.3) is 0 Å². The molecule has 310 valence electrons. The normalized spacial score (nSPS) is 27.0. The van der Waals surface area contributed by atoms with Gasteiger partial charge in [0.1, 0.15) is 25.4 Å². The molecule has 24 nitrogen and oxygen atoms in total. The Morgan fingerprint density at radius 2 is 0.875 bits per heavy atom. The summed E-state index contributed by atoms with van der Waals surface area (Å²) in [4.78, 5) is 127. The number of hydrogen-bond donors (Lipinski definition) is 1. The number of rotatable bonds is 13. The molecule has 1 aromatic rings. The number of esters is 8. The highest BCUT2D eigenvalue weighted by atomic mass is 16.7. The predicted molar refractivity (Wildman–Crippen MR) is 177 cm³/mol. The second-order valence-electron chi connectivity index (χ2n) is 12.2. The molecular formula is C32H42N4O20. The van der Waals surface area contributed by atoms with Crippen molar-refractivity contribution in [1.29, 1.82) is 0 Å². The molecule has 1 N–H and O–H groups in total. The molecule has 10 atom stereocenters. The summed E-state index contributed by atoms with van der Waals surface area (Å²) in [5.74, 6) is -8.30. The standard InChI is InChI=1S/C32H42N4O20/c1-12(37)47-10-20-22(49-14(3)39)24(51-16(5)41)26(53-18(7)43)30(55-20)35-29(45)28(33-9)34-36(32(35)46)31-27(54-19(8)44)25(52-17(6)42)23(50-15(4)40)21(56-31)11-48-13(2)38/h20-27,30-31H,10-11H2,1-9H3,(H,33,34)/t20-,21-,22+,23+,24+,25+,26+,27+,30-,31-/m1/s1. The van der Waals surface area contributed by atoms with Crippen LogP contribution in [0.5, 0.6) is 0 Å². The van der Waals surface area contributed by atoms with Gasteiger partial charge in [0.2, 0.25) is 5.82 Å². The number of nitrogens with one attached hydrogen (secondary N) is 1. The number of carbonyl (C=O) groups is 8. The van der Waals surface area contributed by atoms with E-state index in [0.717, 1.165) is 55.4 Å². The summed E-state index contributed by atoms with van der Waals surface area (Å²) in [6, 6.07) is 0. The lowest BCUT2D eigenvalue weighted by Crippen LogP contribution is -2.65. The van der Waals surface area contributed by atoms with E-state index in [2.05, 4.69) is 10.4 Å². The molecule has 0 saturated carbocycles. The number of nitrogens with zero attached hydrogens (tertiary/aromatic N) is 3. The van der Waals surface area contributed by atoms with Gasteiger partial charge in [0.25, 0.3) is 0 Å². The second kappa shape index (κ2) is 19.1. The molecule has 0 amide bonds. The Labute approximate surface area is 316 Å². The molecule has 2 aliphatic rings. The molecule has 24 heteroatoms. The van der Waals surface area contributed by atoms with Crippen LogP contribution in [-0.2, 0) is 85.7 Å². The van der Waals surface area contributed by atoms with Crippen molar-refractivity contribution in [2.24, 2.45) is 0 Å². The van der Waals surface area contributed by atoms with Gasteiger partial charge < -0.3 is 52.7 Å². The molecule has 0 spiro atoms. The monoisotopic (exact) mass is 802 g/mol. The first-order chi connectivity index (χ1) is 26.2. The maximum absolute atomic E-state index is 14.7. The van der Waals surface area contributed by atoms with Crippen LogP contribution in [0.3, 0.4) is 0 Å². The van der Waals surface area contributed by atoms with Crippen LogP contribution in [0, 0.1) is 0 Å². The van der Waals surface area contributed by atoms with Crippen molar-refractivity contribution in [2.75, 3.05) is 25.6 Å². The third-order valence-corrected chi connectivity index (χ3v) is 7.70. The first-order valence-electron chi connectivity index (χ1n) is 16.7. The zero-order valence-corrected chi connectivity index (χ0v) is 31.7. The molecule has 2 fully saturated rings. The Morgan fingerprint density at radius 1 is 0.536 bits per heavy atom. The molecule has 0 unspecified atom stereocenters. The highest BCUT2D eigenvalue weighted by Gasteiger charge is 2.56. The number of aromatic nitrogens is 3. The third-order valence-electron chi connectivity index (χ3n) is 7.70. The van der Waals surface area contributed by atoms with Crippen LogP contribution in [0.4, 0.5) is 5.82 Å². The average Bonchev–Trinajstić information content (AvgIpc) is 3.06. The van der Waals surface area contributed by atoms with Crippen LogP contribution in [0.15, 0.2) is 9.59 Å². The molecular weight excluding hydrogens is 760 g/mol. The summed E-state index contributed by atoms with van der Waals surface area (Å²) in [6.45, 7) is 6.44. The van der Waals surface area contributed by atoms with Gasteiger partial charge in [-0.15, -0.1) is 5.10 Å². The van der Waals surface area contributed by atoms with Crippen LogP contribution >= 0.6 is 0 Å². The van der Waals surface area contributed by atoms with E-state index in [1.54, 1.807) is 0 Å². The minimum absolute atomic E-state index is 0.335. The maximum atomic E-state index is 14.7. The number of carbonyl (C=O) groups excluding carboxylic acids is 8. The SMILES string of the molecule is CNc1nn([C@@H]2O[C@H](COC(C)=O)[C@H](OC(C)=O)[C@H](OC(C)=O)[C@@H]2OC(C)=O)c(=O)n([C@@H]2O[C@H](COC(C)=O)[C@H](OC(C)=O)[C@H](OC(C)=O)[C@@H]2OC(C)=O)c1=O. The summed E-state index contributed by atoms with van der Waals surface area (Å²) in [5.41, 5.74) is -2.74. The fourth-order valence-corrected chi connectivity index (χ4v) is 5.87. The lowest BCUT2D eigenvalue weighted by Gasteiger charge is -2.45. The molecule has 3 heterocycles. The van der Waals surface area contributed by atoms with E-state index >= 15 is 0 Å². The summed E-state index contributed by atoms with van der Waals surface area (Å²) < 4.78 is 55.5. The Morgan fingerprint density at radius 3 is 1.23 bits per heavy atom. The van der Waals surface area contributed by atoms with Crippen molar-refractivity contribution in [1.82, 2.24) is 14.3 Å². The Hall–Kier alpha value is -5.91. The van der Waals surface area contributed by atoms with Crippen molar-refractivity contribution >= 4 is 53.6 Å². The van der Waals surface area contributed by atoms with Crippen LogP contribution in [0.1, 0.15) is 67.8 Å². The zero-order chi connectivity index (χ0) is 42.2. The van der Waals surface area contributed by atoms with Gasteiger partial charge >= 0.3 is 59.0 Å². The largest absolute Gasteiger partial charge is 0.463 e. The summed E-state index contributed by atoms with van der Waals surface area (Å²) in [5, 5.41) is 6.52. The quantitative estimate of drug-likeness (QED) is 0.166. The topological polar surface area (TPSA) is 298 Å². The first-order valence-corrected chi connectivity index (χ1v) is 16.7. The molecule has 1 aromatic heterocycles. The number of anilines is 1. The fourth-order valence-electron chi connectivity index (χ4n) is 5.87. The summed E-state index contributed by atoms with van der Waals surface area (Å²) in [7, 11) is 1.21. The zero-order valence-electron chi connectivity index (χ0n) is 31.7. The summed E-state index contributed by atoms with van der Waals surface area (Å²) in [6.07, 6.45) is -18.1. The Kier molecular flexibility index (Phi) is 15.2. The Bertz CT molecular complexity index is 1820. The van der Waals surface area contributed by atoms with E-state index in [9.17, 15) is 47.9 Å². The second-order valence-corrected chi connectivity index (χ2v) is 12.2. The minimum atomic E-state index is -2.11. The van der Waals surface area contributed by atoms with Gasteiger partial charge in [0, 0.05) is 62.4 Å². The lowest BCUT2D eigenvalue weighted by atomic mass is 9.96. The van der Waals surface area contributed by atoms with E-state index in [1.165, 1.54) is 7.05 Å². The first kappa shape index (κ1) is 44.5. The van der Waals surface area contributed by atoms with Crippen molar-refractivity contribution in [2.45, 2.75) is 117 Å². The van der Waals surface area contributed by atoms with Gasteiger partial charge in [-0.3, -0.25) is 43.2 Å². The number of ether oxygens (including phenoxy) is 10. The molecule has 0 aliphatic carbocycles. The van der Waals surface area contributed by atoms with Gasteiger partial charge in [-0.25, -0.2) is 9.36 Å². The summed E-state index contributed by atoms with van der Waals surface area (Å²) >= 11 is 0. The van der Waals surface area contributed by atoms with E-state index in [-0.39, 0.29) is 0 Å². The molecule has 3 rings (SSSR count). The molecule has 0 bridgehead atoms. The average molecular weight is 803 g/mol. The van der Waals surface area contributed by atoms with Gasteiger partial charge in [-0.2, -0.15) is 4.68 Å².